The van der Waals surface area contributed by atoms with E-state index in [9.17, 15) is 4.79 Å². The number of nitrogens with zero attached hydrogens (tertiary/aromatic N) is 2. The SMILES string of the molecule is O=C(c1ccc2cc[nH]c2c1)N1CCCC(c2[nH]ncc2Cc2ccccc2)C1. The first-order chi connectivity index (χ1) is 14.3. The number of hydrogen-bond donors (Lipinski definition) is 2. The molecule has 1 atom stereocenters. The van der Waals surface area contributed by atoms with Crippen LogP contribution in [0.4, 0.5) is 0 Å². The van der Waals surface area contributed by atoms with Crippen molar-refractivity contribution in [2.45, 2.75) is 25.2 Å². The van der Waals surface area contributed by atoms with E-state index in [1.54, 1.807) is 0 Å². The molecule has 5 heteroatoms. The summed E-state index contributed by atoms with van der Waals surface area (Å²) >= 11 is 0. The fourth-order valence-electron chi connectivity index (χ4n) is 4.39. The van der Waals surface area contributed by atoms with Crippen LogP contribution in [-0.2, 0) is 6.42 Å². The van der Waals surface area contributed by atoms with Gasteiger partial charge in [0.2, 0.25) is 0 Å². The Hall–Kier alpha value is -3.34. The van der Waals surface area contributed by atoms with Gasteiger partial charge in [-0.25, -0.2) is 0 Å². The summed E-state index contributed by atoms with van der Waals surface area (Å²) in [6.45, 7) is 1.53. The van der Waals surface area contributed by atoms with Crippen LogP contribution >= 0.6 is 0 Å². The Morgan fingerprint density at radius 2 is 2.03 bits per heavy atom. The van der Waals surface area contributed by atoms with Crippen LogP contribution in [0.5, 0.6) is 0 Å². The highest BCUT2D eigenvalue weighted by Crippen LogP contribution is 2.30. The molecule has 0 aliphatic carbocycles. The fourth-order valence-corrected chi connectivity index (χ4v) is 4.39. The van der Waals surface area contributed by atoms with Crippen LogP contribution in [-0.4, -0.2) is 39.1 Å². The number of H-pyrrole nitrogens is 2. The van der Waals surface area contributed by atoms with Gasteiger partial charge in [0.1, 0.15) is 0 Å². The predicted molar refractivity (Wildman–Crippen MR) is 114 cm³/mol. The molecule has 1 unspecified atom stereocenters. The number of aromatic nitrogens is 3. The monoisotopic (exact) mass is 384 g/mol. The zero-order valence-electron chi connectivity index (χ0n) is 16.3. The van der Waals surface area contributed by atoms with Crippen LogP contribution in [0.25, 0.3) is 10.9 Å². The van der Waals surface area contributed by atoms with Gasteiger partial charge in [-0.05, 0) is 47.6 Å². The quantitative estimate of drug-likeness (QED) is 0.544. The van der Waals surface area contributed by atoms with Crippen molar-refractivity contribution in [1.29, 1.82) is 0 Å². The highest BCUT2D eigenvalue weighted by Gasteiger charge is 2.28. The van der Waals surface area contributed by atoms with Gasteiger partial charge in [-0.2, -0.15) is 5.10 Å². The number of amides is 1. The number of carbonyl (C=O) groups excluding carboxylic acids is 1. The minimum Gasteiger partial charge on any atom is -0.361 e. The summed E-state index contributed by atoms with van der Waals surface area (Å²) in [5, 5.41) is 8.67. The van der Waals surface area contributed by atoms with Gasteiger partial charge in [-0.1, -0.05) is 36.4 Å². The van der Waals surface area contributed by atoms with Gasteiger partial charge in [-0.3, -0.25) is 9.89 Å². The molecular weight excluding hydrogens is 360 g/mol. The molecule has 5 rings (SSSR count). The molecule has 5 nitrogen and oxygen atoms in total. The van der Waals surface area contributed by atoms with Gasteiger partial charge in [0.05, 0.1) is 6.20 Å². The van der Waals surface area contributed by atoms with Crippen LogP contribution in [0, 0.1) is 0 Å². The maximum absolute atomic E-state index is 13.1. The number of carbonyl (C=O) groups is 1. The summed E-state index contributed by atoms with van der Waals surface area (Å²) in [7, 11) is 0. The van der Waals surface area contributed by atoms with Crippen LogP contribution in [0.2, 0.25) is 0 Å². The van der Waals surface area contributed by atoms with E-state index in [4.69, 9.17) is 0 Å². The molecule has 29 heavy (non-hydrogen) atoms. The van der Waals surface area contributed by atoms with Crippen LogP contribution in [0.3, 0.4) is 0 Å². The molecule has 3 heterocycles. The third-order valence-corrected chi connectivity index (χ3v) is 5.91. The number of fused-ring (bicyclic) bond motifs is 1. The maximum atomic E-state index is 13.1. The van der Waals surface area contributed by atoms with Gasteiger partial charge in [0.15, 0.2) is 0 Å². The van der Waals surface area contributed by atoms with E-state index < -0.39 is 0 Å². The minimum absolute atomic E-state index is 0.107. The molecule has 2 aromatic heterocycles. The Morgan fingerprint density at radius 3 is 2.93 bits per heavy atom. The van der Waals surface area contributed by atoms with Gasteiger partial charge in [0, 0.05) is 48.4 Å². The second-order valence-corrected chi connectivity index (χ2v) is 7.84. The fraction of sp³-hybridized carbons (Fsp3) is 0.250. The number of nitrogens with one attached hydrogen (secondary N) is 2. The first-order valence-corrected chi connectivity index (χ1v) is 10.2. The Labute approximate surface area is 169 Å². The number of piperidine rings is 1. The van der Waals surface area contributed by atoms with E-state index in [0.29, 0.717) is 5.92 Å². The van der Waals surface area contributed by atoms with E-state index in [2.05, 4.69) is 39.4 Å². The zero-order valence-corrected chi connectivity index (χ0v) is 16.3. The van der Waals surface area contributed by atoms with Crippen molar-refractivity contribution in [3.63, 3.8) is 0 Å². The third-order valence-electron chi connectivity index (χ3n) is 5.91. The summed E-state index contributed by atoms with van der Waals surface area (Å²) in [5.41, 5.74) is 5.42. The number of likely N-dealkylation sites (tertiary alicyclic amines) is 1. The third kappa shape index (κ3) is 3.56. The summed E-state index contributed by atoms with van der Waals surface area (Å²) in [4.78, 5) is 18.3. The maximum Gasteiger partial charge on any atom is 0.253 e. The number of rotatable bonds is 4. The van der Waals surface area contributed by atoms with Crippen LogP contribution < -0.4 is 0 Å². The summed E-state index contributed by atoms with van der Waals surface area (Å²) in [6.07, 6.45) is 6.78. The lowest BCUT2D eigenvalue weighted by molar-refractivity contribution is 0.0705. The first kappa shape index (κ1) is 17.7. The first-order valence-electron chi connectivity index (χ1n) is 10.2. The smallest absolute Gasteiger partial charge is 0.253 e. The number of aromatic amines is 2. The topological polar surface area (TPSA) is 64.8 Å². The Morgan fingerprint density at radius 1 is 1.14 bits per heavy atom. The van der Waals surface area contributed by atoms with Gasteiger partial charge < -0.3 is 9.88 Å². The molecule has 0 saturated carbocycles. The molecule has 0 bridgehead atoms. The number of benzene rings is 2. The predicted octanol–water partition coefficient (Wildman–Crippen LogP) is 4.50. The molecule has 1 fully saturated rings. The van der Waals surface area contributed by atoms with Crippen molar-refractivity contribution in [2.24, 2.45) is 0 Å². The Balaban J connectivity index is 1.34. The minimum atomic E-state index is 0.107. The summed E-state index contributed by atoms with van der Waals surface area (Å²) in [5.74, 6) is 0.401. The molecule has 0 radical (unpaired) electrons. The lowest BCUT2D eigenvalue weighted by Crippen LogP contribution is -2.39. The van der Waals surface area contributed by atoms with Crippen molar-refractivity contribution in [3.8, 4) is 0 Å². The normalized spacial score (nSPS) is 17.0. The molecule has 1 saturated heterocycles. The van der Waals surface area contributed by atoms with Gasteiger partial charge >= 0.3 is 0 Å². The highest BCUT2D eigenvalue weighted by molar-refractivity contribution is 5.98. The van der Waals surface area contributed by atoms with Crippen LogP contribution in [0.1, 0.15) is 45.9 Å². The summed E-state index contributed by atoms with van der Waals surface area (Å²) < 4.78 is 0. The molecule has 1 aliphatic rings. The van der Waals surface area contributed by atoms with E-state index in [1.807, 2.05) is 47.6 Å². The van der Waals surface area contributed by atoms with Crippen molar-refractivity contribution >= 4 is 16.8 Å². The van der Waals surface area contributed by atoms with Crippen molar-refractivity contribution < 1.29 is 4.79 Å². The van der Waals surface area contributed by atoms with E-state index >= 15 is 0 Å². The molecule has 2 aromatic carbocycles. The molecule has 4 aromatic rings. The average Bonchev–Trinajstić information content (AvgIpc) is 3.43. The van der Waals surface area contributed by atoms with Crippen molar-refractivity contribution in [2.75, 3.05) is 13.1 Å². The second kappa shape index (κ2) is 7.59. The van der Waals surface area contributed by atoms with E-state index in [1.165, 1.54) is 16.8 Å². The lowest BCUT2D eigenvalue weighted by Gasteiger charge is -2.33. The van der Waals surface area contributed by atoms with Crippen LogP contribution in [0.15, 0.2) is 67.0 Å². The number of hydrogen-bond acceptors (Lipinski definition) is 2. The Bertz CT molecular complexity index is 1130. The molecule has 2 N–H and O–H groups in total. The zero-order chi connectivity index (χ0) is 19.6. The van der Waals surface area contributed by atoms with Crippen molar-refractivity contribution in [3.05, 3.63) is 89.4 Å². The van der Waals surface area contributed by atoms with Gasteiger partial charge in [-0.15, -0.1) is 0 Å². The standard InChI is InChI=1S/C24H24N4O/c29-24(19-9-8-18-10-11-25-22(18)14-19)28-12-4-7-20(16-28)23-21(15-26-27-23)13-17-5-2-1-3-6-17/h1-3,5-6,8-11,14-15,20,25H,4,7,12-13,16H2,(H,26,27). The molecule has 0 spiro atoms. The largest absolute Gasteiger partial charge is 0.361 e. The second-order valence-electron chi connectivity index (χ2n) is 7.84. The lowest BCUT2D eigenvalue weighted by atomic mass is 9.90. The molecule has 1 amide bonds. The average molecular weight is 384 g/mol. The van der Waals surface area contributed by atoms with E-state index in [-0.39, 0.29) is 5.91 Å². The van der Waals surface area contributed by atoms with E-state index in [0.717, 1.165) is 48.8 Å². The molecular formula is C24H24N4O. The highest BCUT2D eigenvalue weighted by atomic mass is 16.2. The Kier molecular flexibility index (Phi) is 4.64. The molecule has 146 valence electrons. The van der Waals surface area contributed by atoms with Gasteiger partial charge in [0.25, 0.3) is 5.91 Å². The summed E-state index contributed by atoms with van der Waals surface area (Å²) in [6, 6.07) is 18.4. The molecule has 1 aliphatic heterocycles. The van der Waals surface area contributed by atoms with Crippen molar-refractivity contribution in [1.82, 2.24) is 20.1 Å².